The van der Waals surface area contributed by atoms with Crippen molar-refractivity contribution in [1.29, 1.82) is 0 Å². The molecule has 1 fully saturated rings. The SMILES string of the molecule is CSCC[C@H](NC(=O)CNC(=O)C(=O)[C@@H](NC(=O)C1CCCN1C(=O)[C@@H](NC(=O)[C@@H](NC(=O)[C@H](CCC(=O)O)NC(=O)[C@H](CCC(=O)O)NC(C)=O)C(C)C)C(C)C)C(C)O)C(=O)N[C@@H](CO)C(=O)N[C@@H](Cc1ccc(O)cc1)C(=O)N[C@@H](CO)C(N)=O. The number of aliphatic hydroxyl groups excluding tert-OH is 3. The molecule has 33 nitrogen and oxygen atoms in total. The molecule has 0 saturated carbocycles. The average molecular weight is 1270 g/mol. The van der Waals surface area contributed by atoms with Crippen molar-refractivity contribution in [2.45, 2.75) is 159 Å². The molecule has 88 heavy (non-hydrogen) atoms. The number of amides is 12. The molecule has 1 aliphatic rings. The predicted molar refractivity (Wildman–Crippen MR) is 309 cm³/mol. The molecule has 12 amide bonds. The molecule has 1 aromatic carbocycles. The van der Waals surface area contributed by atoms with Crippen LogP contribution in [-0.2, 0) is 78.3 Å². The van der Waals surface area contributed by atoms with E-state index in [9.17, 15) is 97.5 Å². The Kier molecular flexibility index (Phi) is 32.0. The number of hydrogen-bond acceptors (Lipinski definition) is 20. The number of phenols is 1. The molecule has 0 aromatic heterocycles. The number of thioether (sulfide) groups is 1. The van der Waals surface area contributed by atoms with Gasteiger partial charge in [0.2, 0.25) is 70.8 Å². The molecule has 11 atom stereocenters. The number of aromatic hydroxyl groups is 1. The van der Waals surface area contributed by atoms with E-state index in [-0.39, 0.29) is 50.2 Å². The molecule has 2 rings (SSSR count). The van der Waals surface area contributed by atoms with E-state index in [0.29, 0.717) is 5.56 Å². The Balaban J connectivity index is 2.21. The van der Waals surface area contributed by atoms with Crippen molar-refractivity contribution in [2.75, 3.05) is 38.3 Å². The van der Waals surface area contributed by atoms with Gasteiger partial charge >= 0.3 is 11.9 Å². The lowest BCUT2D eigenvalue weighted by molar-refractivity contribution is -0.145. The first-order valence-corrected chi connectivity index (χ1v) is 29.4. The summed E-state index contributed by atoms with van der Waals surface area (Å²) in [7, 11) is 0. The molecule has 1 heterocycles. The van der Waals surface area contributed by atoms with E-state index in [2.05, 4.69) is 53.2 Å². The number of nitrogens with one attached hydrogen (secondary N) is 10. The van der Waals surface area contributed by atoms with Crippen LogP contribution in [0.5, 0.6) is 5.75 Å². The van der Waals surface area contributed by atoms with Crippen LogP contribution in [0.15, 0.2) is 24.3 Å². The van der Waals surface area contributed by atoms with Crippen molar-refractivity contribution >= 4 is 100 Å². The number of nitrogens with zero attached hydrogens (tertiary/aromatic N) is 1. The second kappa shape index (κ2) is 37.3. The fourth-order valence-corrected chi connectivity index (χ4v) is 9.18. The monoisotopic (exact) mass is 1270 g/mol. The Bertz CT molecular complexity index is 2680. The standard InChI is InChI=1S/C54H82N12O21S/c1-25(2)41(63-48(81)32(15-17-40(75)76)59-46(79)31(57-28(6)70)14-16-39(73)74)52(85)64-42(26(3)4)54(87)66-19-8-9-37(66)51(84)65-43(27(5)69)44(77)53(86)56-22-38(72)58-33(18-20-88-7)47(80)62-36(24-68)50(83)60-34(21-29-10-12-30(71)13-11-29)49(82)61-35(23-67)45(55)78/h10-13,25-27,31-37,41-43,67-69,71H,8-9,14-24H2,1-7H3,(H2,55,78)(H,56,86)(H,57,70)(H,58,72)(H,59,79)(H,60,83)(H,61,82)(H,62,80)(H,63,81)(H,64,85)(H,65,84)(H,73,74)(H,75,76)/t27?,31-,32-,33-,34-,35-,36-,37?,41-,42-,43-/m0/s1. The van der Waals surface area contributed by atoms with Gasteiger partial charge in [-0.05, 0) is 80.6 Å². The van der Waals surface area contributed by atoms with E-state index in [1.54, 1.807) is 20.1 Å². The van der Waals surface area contributed by atoms with Crippen molar-refractivity contribution < 1.29 is 103 Å². The van der Waals surface area contributed by atoms with Gasteiger partial charge in [0.05, 0.1) is 25.9 Å². The molecule has 0 radical (unpaired) electrons. The van der Waals surface area contributed by atoms with E-state index in [0.717, 1.165) is 18.7 Å². The first kappa shape index (κ1) is 75.6. The lowest BCUT2D eigenvalue weighted by atomic mass is 9.98. The Morgan fingerprint density at radius 3 is 1.58 bits per heavy atom. The quantitative estimate of drug-likeness (QED) is 0.0274. The van der Waals surface area contributed by atoms with Crippen LogP contribution < -0.4 is 58.9 Å². The molecule has 1 aromatic rings. The number of benzene rings is 1. The van der Waals surface area contributed by atoms with Gasteiger partial charge in [0.15, 0.2) is 0 Å². The third-order valence-electron chi connectivity index (χ3n) is 13.6. The van der Waals surface area contributed by atoms with E-state index in [1.165, 1.54) is 49.9 Å². The molecule has 0 spiro atoms. The maximum Gasteiger partial charge on any atom is 0.303 e. The third-order valence-corrected chi connectivity index (χ3v) is 14.2. The molecule has 1 saturated heterocycles. The Hall–Kier alpha value is -8.50. The van der Waals surface area contributed by atoms with Gasteiger partial charge in [-0.25, -0.2) is 0 Å². The molecule has 0 aliphatic carbocycles. The first-order valence-electron chi connectivity index (χ1n) is 28.0. The van der Waals surface area contributed by atoms with Crippen molar-refractivity contribution in [1.82, 2.24) is 58.1 Å². The van der Waals surface area contributed by atoms with Gasteiger partial charge in [-0.2, -0.15) is 11.8 Å². The number of carboxylic acid groups (broad SMARTS) is 2. The van der Waals surface area contributed by atoms with Gasteiger partial charge in [-0.1, -0.05) is 39.8 Å². The Morgan fingerprint density at radius 2 is 1.08 bits per heavy atom. The minimum Gasteiger partial charge on any atom is -0.508 e. The van der Waals surface area contributed by atoms with E-state index in [1.807, 2.05) is 0 Å². The smallest absolute Gasteiger partial charge is 0.303 e. The van der Waals surface area contributed by atoms with Crippen LogP contribution in [0.3, 0.4) is 0 Å². The summed E-state index contributed by atoms with van der Waals surface area (Å²) >= 11 is 1.25. The van der Waals surface area contributed by atoms with Gasteiger partial charge in [0.25, 0.3) is 5.91 Å². The number of likely N-dealkylation sites (tertiary alicyclic amines) is 1. The van der Waals surface area contributed by atoms with E-state index >= 15 is 0 Å². The van der Waals surface area contributed by atoms with Gasteiger partial charge in [0.1, 0.15) is 66.2 Å². The minimum atomic E-state index is -1.96. The highest BCUT2D eigenvalue weighted by Crippen LogP contribution is 2.22. The van der Waals surface area contributed by atoms with Crippen molar-refractivity contribution in [3.05, 3.63) is 29.8 Å². The number of nitrogens with two attached hydrogens (primary N) is 1. The second-order valence-corrected chi connectivity index (χ2v) is 22.3. The van der Waals surface area contributed by atoms with Crippen LogP contribution in [-0.4, -0.2) is 229 Å². The highest BCUT2D eigenvalue weighted by molar-refractivity contribution is 7.98. The lowest BCUT2D eigenvalue weighted by Crippen LogP contribution is -2.61. The number of hydrogen-bond donors (Lipinski definition) is 17. The highest BCUT2D eigenvalue weighted by atomic mass is 32.2. The summed E-state index contributed by atoms with van der Waals surface area (Å²) in [4.78, 5) is 197. The van der Waals surface area contributed by atoms with Gasteiger partial charge in [-0.3, -0.25) is 71.9 Å². The molecule has 18 N–H and O–H groups in total. The third kappa shape index (κ3) is 25.1. The van der Waals surface area contributed by atoms with Crippen LogP contribution in [0.25, 0.3) is 0 Å². The van der Waals surface area contributed by atoms with E-state index in [4.69, 9.17) is 10.8 Å². The predicted octanol–water partition coefficient (Wildman–Crippen LogP) is -6.36. The molecule has 490 valence electrons. The fraction of sp³-hybridized carbons (Fsp3) is 0.611. The Labute approximate surface area is 510 Å². The molecule has 34 heteroatoms. The number of primary amides is 1. The zero-order chi connectivity index (χ0) is 66.7. The normalized spacial score (nSPS) is 16.2. The van der Waals surface area contributed by atoms with Crippen LogP contribution >= 0.6 is 11.8 Å². The number of rotatable bonds is 38. The fourth-order valence-electron chi connectivity index (χ4n) is 8.71. The summed E-state index contributed by atoms with van der Waals surface area (Å²) in [6, 6.07) is -9.97. The summed E-state index contributed by atoms with van der Waals surface area (Å²) in [5.41, 5.74) is 5.63. The molecule has 1 aliphatic heterocycles. The number of carbonyl (C=O) groups is 15. The van der Waals surface area contributed by atoms with Crippen LogP contribution in [0.4, 0.5) is 0 Å². The Morgan fingerprint density at radius 1 is 0.602 bits per heavy atom. The first-order chi connectivity index (χ1) is 41.3. The highest BCUT2D eigenvalue weighted by Gasteiger charge is 2.42. The maximum atomic E-state index is 14.3. The van der Waals surface area contributed by atoms with Gasteiger partial charge < -0.3 is 94.4 Å². The average Bonchev–Trinajstić information content (AvgIpc) is 3.74. The number of aliphatic hydroxyl groups is 3. The zero-order valence-corrected chi connectivity index (χ0v) is 50.6. The summed E-state index contributed by atoms with van der Waals surface area (Å²) in [5, 5.41) is 81.7. The molecule has 2 unspecified atom stereocenters. The number of carbonyl (C=O) groups excluding carboxylic acids is 13. The summed E-state index contributed by atoms with van der Waals surface area (Å²) < 4.78 is 0. The zero-order valence-electron chi connectivity index (χ0n) is 49.7. The van der Waals surface area contributed by atoms with Crippen molar-refractivity contribution in [2.24, 2.45) is 17.6 Å². The number of Topliss-reactive ketones (excluding diaryl/α,β-unsaturated/α-hetero) is 1. The molecular weight excluding hydrogens is 1180 g/mol. The molecular formula is C54H82N12O21S. The van der Waals surface area contributed by atoms with Crippen LogP contribution in [0.1, 0.15) is 92.1 Å². The lowest BCUT2D eigenvalue weighted by Gasteiger charge is -2.33. The second-order valence-electron chi connectivity index (χ2n) is 21.3. The summed E-state index contributed by atoms with van der Waals surface area (Å²) in [5.74, 6) is -17.6. The summed E-state index contributed by atoms with van der Waals surface area (Å²) in [6.45, 7) is 5.39. The number of ketones is 1. The minimum absolute atomic E-state index is 0.00850. The van der Waals surface area contributed by atoms with Crippen molar-refractivity contribution in [3.8, 4) is 5.75 Å². The van der Waals surface area contributed by atoms with E-state index < -0.39 is 206 Å². The number of carboxylic acids is 2. The number of phenolic OH excluding ortho intramolecular Hbond substituents is 1. The summed E-state index contributed by atoms with van der Waals surface area (Å²) in [6.07, 6.45) is -2.27. The van der Waals surface area contributed by atoms with Gasteiger partial charge in [0, 0.05) is 32.7 Å². The maximum absolute atomic E-state index is 14.3. The topological polar surface area (TPSA) is 527 Å². The van der Waals surface area contributed by atoms with Crippen LogP contribution in [0, 0.1) is 11.8 Å². The van der Waals surface area contributed by atoms with Crippen molar-refractivity contribution in [3.63, 3.8) is 0 Å². The largest absolute Gasteiger partial charge is 0.508 e. The number of aliphatic carboxylic acids is 2. The van der Waals surface area contributed by atoms with Gasteiger partial charge in [-0.15, -0.1) is 0 Å². The molecule has 0 bridgehead atoms. The van der Waals surface area contributed by atoms with Crippen LogP contribution in [0.2, 0.25) is 0 Å².